The van der Waals surface area contributed by atoms with Gasteiger partial charge in [-0.25, -0.2) is 0 Å². The predicted molar refractivity (Wildman–Crippen MR) is 131 cm³/mol. The maximum absolute atomic E-state index is 11.6. The highest BCUT2D eigenvalue weighted by Gasteiger charge is 2.36. The summed E-state index contributed by atoms with van der Waals surface area (Å²) >= 11 is 5.73. The molecule has 1 heterocycles. The van der Waals surface area contributed by atoms with Gasteiger partial charge in [-0.2, -0.15) is 0 Å². The van der Waals surface area contributed by atoms with E-state index in [1.807, 2.05) is 20.8 Å². The molecule has 0 saturated carbocycles. The van der Waals surface area contributed by atoms with Crippen molar-refractivity contribution in [1.82, 2.24) is 0 Å². The molecule has 31 heavy (non-hydrogen) atoms. The molecule has 1 N–H and O–H groups in total. The van der Waals surface area contributed by atoms with Crippen LogP contribution in [0.25, 0.3) is 0 Å². The van der Waals surface area contributed by atoms with Crippen molar-refractivity contribution in [2.24, 2.45) is 0 Å². The molecule has 0 radical (unpaired) electrons. The van der Waals surface area contributed by atoms with Crippen LogP contribution in [0.3, 0.4) is 0 Å². The quantitative estimate of drug-likeness (QED) is 0.340. The first-order valence-electron chi connectivity index (χ1n) is 10.8. The largest absolute Gasteiger partial charge is 0.487 e. The highest BCUT2D eigenvalue weighted by atomic mass is 32.1. The number of nitrogens with one attached hydrogen (secondary N) is 1. The molecule has 166 valence electrons. The number of carbonyl (C=O) groups is 1. The van der Waals surface area contributed by atoms with Gasteiger partial charge in [-0.3, -0.25) is 4.79 Å². The molecule has 0 aromatic heterocycles. The van der Waals surface area contributed by atoms with Gasteiger partial charge in [-0.15, -0.1) is 0 Å². The van der Waals surface area contributed by atoms with E-state index in [0.29, 0.717) is 12.2 Å². The highest BCUT2D eigenvalue weighted by molar-refractivity contribution is 7.80. The van der Waals surface area contributed by atoms with Crippen molar-refractivity contribution in [1.29, 1.82) is 0 Å². The molecular formula is C26H33NO3S. The molecule has 0 bridgehead atoms. The summed E-state index contributed by atoms with van der Waals surface area (Å²) in [6, 6.07) is 4.34. The fraction of sp³-hybridized carbons (Fsp3) is 0.462. The van der Waals surface area contributed by atoms with Crippen molar-refractivity contribution in [3.63, 3.8) is 0 Å². The third kappa shape index (κ3) is 4.77. The van der Waals surface area contributed by atoms with Gasteiger partial charge in [-0.1, -0.05) is 18.3 Å². The number of ether oxygens (including phenoxy) is 2. The summed E-state index contributed by atoms with van der Waals surface area (Å²) in [6.07, 6.45) is 2.34. The van der Waals surface area contributed by atoms with Crippen LogP contribution in [0.4, 0.5) is 5.69 Å². The predicted octanol–water partition coefficient (Wildman–Crippen LogP) is 6.38. The molecule has 1 aliphatic heterocycles. The zero-order valence-corrected chi connectivity index (χ0v) is 20.7. The fourth-order valence-corrected chi connectivity index (χ4v) is 4.75. The summed E-state index contributed by atoms with van der Waals surface area (Å²) < 4.78 is 12.1. The number of esters is 1. The molecule has 3 rings (SSSR count). The van der Waals surface area contributed by atoms with E-state index in [0.717, 1.165) is 51.5 Å². The lowest BCUT2D eigenvalue weighted by Gasteiger charge is -2.38. The molecule has 1 atom stereocenters. The smallest absolute Gasteiger partial charge is 0.308 e. The number of carbonyl (C=O) groups excluding carboxylic acids is 1. The molecule has 0 fully saturated rings. The Kier molecular flexibility index (Phi) is 6.47. The van der Waals surface area contributed by atoms with Gasteiger partial charge >= 0.3 is 5.97 Å². The maximum atomic E-state index is 11.6. The second-order valence-corrected chi connectivity index (χ2v) is 9.63. The summed E-state index contributed by atoms with van der Waals surface area (Å²) in [4.78, 5) is 12.3. The van der Waals surface area contributed by atoms with Crippen molar-refractivity contribution in [3.8, 4) is 11.5 Å². The van der Waals surface area contributed by atoms with Gasteiger partial charge in [0.05, 0.1) is 4.99 Å². The Bertz CT molecular complexity index is 1070. The van der Waals surface area contributed by atoms with E-state index in [9.17, 15) is 4.79 Å². The van der Waals surface area contributed by atoms with Gasteiger partial charge in [-0.05, 0) is 101 Å². The molecule has 5 heteroatoms. The molecule has 2 aromatic rings. The Morgan fingerprint density at radius 3 is 2.35 bits per heavy atom. The lowest BCUT2D eigenvalue weighted by molar-refractivity contribution is -0.132. The Labute approximate surface area is 191 Å². The minimum atomic E-state index is -0.392. The van der Waals surface area contributed by atoms with Crippen LogP contribution in [-0.4, -0.2) is 16.6 Å². The molecule has 4 nitrogen and oxygen atoms in total. The molecule has 1 aliphatic rings. The Morgan fingerprint density at radius 1 is 1.06 bits per heavy atom. The second kappa shape index (κ2) is 8.62. The first kappa shape index (κ1) is 23.3. The van der Waals surface area contributed by atoms with Crippen molar-refractivity contribution in [2.45, 2.75) is 80.3 Å². The molecule has 0 aliphatic carbocycles. The monoisotopic (exact) mass is 439 g/mol. The van der Waals surface area contributed by atoms with Crippen LogP contribution < -0.4 is 14.8 Å². The topological polar surface area (TPSA) is 47.6 Å². The van der Waals surface area contributed by atoms with Crippen LogP contribution in [0.1, 0.15) is 65.6 Å². The van der Waals surface area contributed by atoms with E-state index < -0.39 is 5.60 Å². The molecule has 0 saturated heterocycles. The Balaban J connectivity index is 1.83. The van der Waals surface area contributed by atoms with Gasteiger partial charge in [0.2, 0.25) is 0 Å². The van der Waals surface area contributed by atoms with E-state index in [1.54, 1.807) is 0 Å². The maximum Gasteiger partial charge on any atom is 0.308 e. The average molecular weight is 440 g/mol. The van der Waals surface area contributed by atoms with Crippen molar-refractivity contribution in [3.05, 3.63) is 51.1 Å². The van der Waals surface area contributed by atoms with Crippen LogP contribution in [-0.2, 0) is 11.2 Å². The van der Waals surface area contributed by atoms with Gasteiger partial charge < -0.3 is 14.8 Å². The third-order valence-corrected chi connectivity index (χ3v) is 6.70. The number of aryl methyl sites for hydroxylation is 3. The number of benzene rings is 2. The van der Waals surface area contributed by atoms with Crippen LogP contribution in [0.5, 0.6) is 11.5 Å². The molecule has 1 unspecified atom stereocenters. The van der Waals surface area contributed by atoms with Crippen molar-refractivity contribution >= 4 is 28.9 Å². The lowest BCUT2D eigenvalue weighted by atomic mass is 9.85. The molecule has 0 spiro atoms. The standard InChI is InChI=1S/C26H33NO3S/c1-14-11-16(3)22(12-15(14)2)27-23(31)13-26(8)10-9-21-19(6)24(29-20(7)28)17(4)18(5)25(21)30-26/h11-12H,9-10,13H2,1-8H3,(H,27,31). The fourth-order valence-electron chi connectivity index (χ4n) is 4.33. The number of thiocarbonyl (C=S) groups is 1. The van der Waals surface area contributed by atoms with Crippen molar-refractivity contribution in [2.75, 3.05) is 5.32 Å². The molecule has 0 amide bonds. The number of hydrogen-bond acceptors (Lipinski definition) is 4. The van der Waals surface area contributed by atoms with E-state index in [-0.39, 0.29) is 5.97 Å². The first-order valence-corrected chi connectivity index (χ1v) is 11.2. The molecule has 2 aromatic carbocycles. The zero-order valence-electron chi connectivity index (χ0n) is 19.9. The summed E-state index contributed by atoms with van der Waals surface area (Å²) in [6.45, 7) is 15.9. The Morgan fingerprint density at radius 2 is 1.71 bits per heavy atom. The van der Waals surface area contributed by atoms with Crippen molar-refractivity contribution < 1.29 is 14.3 Å². The summed E-state index contributed by atoms with van der Waals surface area (Å²) in [5.41, 5.74) is 8.46. The van der Waals surface area contributed by atoms with Crippen LogP contribution in [0, 0.1) is 41.5 Å². The minimum Gasteiger partial charge on any atom is -0.487 e. The van der Waals surface area contributed by atoms with Crippen LogP contribution in [0.15, 0.2) is 12.1 Å². The number of rotatable bonds is 4. The lowest BCUT2D eigenvalue weighted by Crippen LogP contribution is -2.40. The van der Waals surface area contributed by atoms with E-state index in [4.69, 9.17) is 21.7 Å². The van der Waals surface area contributed by atoms with Gasteiger partial charge in [0.15, 0.2) is 0 Å². The zero-order chi connectivity index (χ0) is 23.1. The van der Waals surface area contributed by atoms with Crippen LogP contribution in [0.2, 0.25) is 0 Å². The molecular weight excluding hydrogens is 406 g/mol. The van der Waals surface area contributed by atoms with Crippen LogP contribution >= 0.6 is 12.2 Å². The number of anilines is 1. The second-order valence-electron chi connectivity index (χ2n) is 9.13. The number of fused-ring (bicyclic) bond motifs is 1. The summed E-state index contributed by atoms with van der Waals surface area (Å²) in [5, 5.41) is 3.44. The normalized spacial score (nSPS) is 17.5. The average Bonchev–Trinajstić information content (AvgIpc) is 2.67. The minimum absolute atomic E-state index is 0.301. The highest BCUT2D eigenvalue weighted by Crippen LogP contribution is 2.44. The number of hydrogen-bond donors (Lipinski definition) is 1. The summed E-state index contributed by atoms with van der Waals surface area (Å²) in [7, 11) is 0. The van der Waals surface area contributed by atoms with Gasteiger partial charge in [0, 0.05) is 24.6 Å². The van der Waals surface area contributed by atoms with E-state index in [2.05, 4.69) is 45.1 Å². The van der Waals surface area contributed by atoms with E-state index in [1.165, 1.54) is 23.6 Å². The third-order valence-electron chi connectivity index (χ3n) is 6.46. The first-order chi connectivity index (χ1) is 14.4. The summed E-state index contributed by atoms with van der Waals surface area (Å²) in [5.74, 6) is 1.27. The van der Waals surface area contributed by atoms with Gasteiger partial charge in [0.1, 0.15) is 17.1 Å². The SMILES string of the molecule is CC(=O)Oc1c(C)c(C)c2c(c1C)CCC(C)(CC(=S)Nc1cc(C)c(C)cc1C)O2. The Hall–Kier alpha value is -2.40. The van der Waals surface area contributed by atoms with Gasteiger partial charge in [0.25, 0.3) is 0 Å². The van der Waals surface area contributed by atoms with E-state index >= 15 is 0 Å².